The van der Waals surface area contributed by atoms with E-state index in [-0.39, 0.29) is 11.8 Å². The molecule has 0 radical (unpaired) electrons. The summed E-state index contributed by atoms with van der Waals surface area (Å²) >= 11 is 5.95. The van der Waals surface area contributed by atoms with Crippen LogP contribution >= 0.6 is 11.6 Å². The number of nitrogens with one attached hydrogen (secondary N) is 2. The van der Waals surface area contributed by atoms with Crippen LogP contribution in [0.2, 0.25) is 5.02 Å². The third-order valence-electron chi connectivity index (χ3n) is 4.58. The van der Waals surface area contributed by atoms with Crippen LogP contribution in [-0.2, 0) is 11.2 Å². The Hall–Kier alpha value is -2.77. The van der Waals surface area contributed by atoms with Gasteiger partial charge in [0.15, 0.2) is 5.82 Å². The summed E-state index contributed by atoms with van der Waals surface area (Å²) in [6.07, 6.45) is 4.02. The first-order chi connectivity index (χ1) is 13.2. The van der Waals surface area contributed by atoms with Gasteiger partial charge in [-0.3, -0.25) is 14.7 Å². The molecule has 3 heterocycles. The third-order valence-corrected chi connectivity index (χ3v) is 4.83. The van der Waals surface area contributed by atoms with Gasteiger partial charge >= 0.3 is 0 Å². The molecule has 0 spiro atoms. The number of aromatic amines is 1. The maximum absolute atomic E-state index is 13.1. The molecule has 0 saturated carbocycles. The monoisotopic (exact) mass is 382 g/mol. The van der Waals surface area contributed by atoms with Gasteiger partial charge in [-0.1, -0.05) is 23.7 Å². The molecule has 1 aliphatic rings. The molecule has 7 nitrogen and oxygen atoms in total. The average Bonchev–Trinajstić information content (AvgIpc) is 3.11. The zero-order valence-corrected chi connectivity index (χ0v) is 15.4. The molecule has 4 rings (SSSR count). The number of carbonyl (C=O) groups is 1. The second kappa shape index (κ2) is 7.85. The minimum Gasteiger partial charge on any atom is -0.314 e. The van der Waals surface area contributed by atoms with Crippen LogP contribution in [0, 0.1) is 5.92 Å². The van der Waals surface area contributed by atoms with E-state index in [2.05, 4.69) is 25.5 Å². The molecule has 0 aliphatic carbocycles. The van der Waals surface area contributed by atoms with Crippen molar-refractivity contribution in [2.75, 3.05) is 24.5 Å². The zero-order chi connectivity index (χ0) is 18.6. The maximum atomic E-state index is 13.1. The van der Waals surface area contributed by atoms with Crippen LogP contribution in [0.5, 0.6) is 0 Å². The van der Waals surface area contributed by atoms with Gasteiger partial charge in [-0.2, -0.15) is 10.1 Å². The highest BCUT2D eigenvalue weighted by atomic mass is 35.5. The lowest BCUT2D eigenvalue weighted by molar-refractivity contribution is -0.121. The number of halogens is 1. The van der Waals surface area contributed by atoms with E-state index in [1.54, 1.807) is 17.3 Å². The Labute approximate surface area is 161 Å². The molecule has 1 aliphatic heterocycles. The van der Waals surface area contributed by atoms with Gasteiger partial charge in [0.1, 0.15) is 0 Å². The van der Waals surface area contributed by atoms with Crippen molar-refractivity contribution >= 4 is 23.5 Å². The fourth-order valence-electron chi connectivity index (χ4n) is 3.16. The molecule has 1 fully saturated rings. The van der Waals surface area contributed by atoms with Crippen molar-refractivity contribution in [1.82, 2.24) is 25.5 Å². The minimum atomic E-state index is -0.178. The van der Waals surface area contributed by atoms with Crippen LogP contribution in [0.3, 0.4) is 0 Å². The predicted octanol–water partition coefficient (Wildman–Crippen LogP) is 2.32. The first kappa shape index (κ1) is 17.6. The molecular formula is C19H19ClN6O. The fraction of sp³-hybridized carbons (Fsp3) is 0.263. The Morgan fingerprint density at radius 1 is 1.15 bits per heavy atom. The maximum Gasteiger partial charge on any atom is 0.234 e. The molecule has 1 amide bonds. The van der Waals surface area contributed by atoms with Crippen LogP contribution < -0.4 is 10.2 Å². The number of amides is 1. The van der Waals surface area contributed by atoms with Crippen molar-refractivity contribution < 1.29 is 4.79 Å². The third kappa shape index (κ3) is 3.99. The molecule has 2 N–H and O–H groups in total. The molecule has 2 aromatic heterocycles. The molecule has 1 aromatic carbocycles. The molecule has 3 aromatic rings. The highest BCUT2D eigenvalue weighted by molar-refractivity contribution is 6.30. The second-order valence-electron chi connectivity index (χ2n) is 6.44. The van der Waals surface area contributed by atoms with Gasteiger partial charge in [0.05, 0.1) is 5.92 Å². The summed E-state index contributed by atoms with van der Waals surface area (Å²) in [6, 6.07) is 11.3. The topological polar surface area (TPSA) is 86.8 Å². The summed E-state index contributed by atoms with van der Waals surface area (Å²) in [4.78, 5) is 23.3. The number of nitrogens with zero attached hydrogens (tertiary/aromatic N) is 4. The molecule has 138 valence electrons. The smallest absolute Gasteiger partial charge is 0.234 e. The number of hydrogen-bond donors (Lipinski definition) is 2. The van der Waals surface area contributed by atoms with Gasteiger partial charge in [0.25, 0.3) is 0 Å². The Morgan fingerprint density at radius 3 is 2.70 bits per heavy atom. The van der Waals surface area contributed by atoms with Crippen molar-refractivity contribution in [3.63, 3.8) is 0 Å². The van der Waals surface area contributed by atoms with E-state index >= 15 is 0 Å². The van der Waals surface area contributed by atoms with E-state index in [1.807, 2.05) is 36.4 Å². The first-order valence-corrected chi connectivity index (χ1v) is 9.18. The quantitative estimate of drug-likeness (QED) is 0.723. The second-order valence-corrected chi connectivity index (χ2v) is 6.88. The van der Waals surface area contributed by atoms with Gasteiger partial charge in [-0.15, -0.1) is 0 Å². The summed E-state index contributed by atoms with van der Waals surface area (Å²) in [5, 5.41) is 11.2. The molecule has 1 saturated heterocycles. The van der Waals surface area contributed by atoms with E-state index in [1.165, 1.54) is 0 Å². The van der Waals surface area contributed by atoms with Crippen LogP contribution in [0.4, 0.5) is 5.95 Å². The van der Waals surface area contributed by atoms with Gasteiger partial charge in [0.2, 0.25) is 11.9 Å². The van der Waals surface area contributed by atoms with Crippen LogP contribution in [0.25, 0.3) is 11.4 Å². The predicted molar refractivity (Wildman–Crippen MR) is 103 cm³/mol. The Kier molecular flexibility index (Phi) is 5.13. The molecule has 0 bridgehead atoms. The first-order valence-electron chi connectivity index (χ1n) is 8.80. The number of benzene rings is 1. The SMILES string of the molecule is O=C1C(Cc2ccc(Cl)cc2)CNCCN1c1nc(-c2ccncc2)n[nH]1. The Balaban J connectivity index is 1.54. The van der Waals surface area contributed by atoms with E-state index in [9.17, 15) is 4.79 Å². The number of hydrogen-bond acceptors (Lipinski definition) is 5. The number of anilines is 1. The number of aromatic nitrogens is 4. The number of rotatable bonds is 4. The van der Waals surface area contributed by atoms with E-state index in [4.69, 9.17) is 11.6 Å². The lowest BCUT2D eigenvalue weighted by Crippen LogP contribution is -2.38. The number of carbonyl (C=O) groups excluding carboxylic acids is 1. The summed E-state index contributed by atoms with van der Waals surface area (Å²) in [7, 11) is 0. The van der Waals surface area contributed by atoms with Crippen LogP contribution in [0.1, 0.15) is 5.56 Å². The summed E-state index contributed by atoms with van der Waals surface area (Å²) in [5.74, 6) is 0.874. The van der Waals surface area contributed by atoms with Gasteiger partial charge in [-0.05, 0) is 36.2 Å². The Morgan fingerprint density at radius 2 is 1.93 bits per heavy atom. The number of pyridine rings is 1. The minimum absolute atomic E-state index is 0.0346. The lowest BCUT2D eigenvalue weighted by atomic mass is 9.98. The zero-order valence-electron chi connectivity index (χ0n) is 14.6. The fourth-order valence-corrected chi connectivity index (χ4v) is 3.29. The van der Waals surface area contributed by atoms with Crippen molar-refractivity contribution in [2.45, 2.75) is 6.42 Å². The summed E-state index contributed by atoms with van der Waals surface area (Å²) < 4.78 is 0. The van der Waals surface area contributed by atoms with Gasteiger partial charge in [0, 0.05) is 42.6 Å². The molecular weight excluding hydrogens is 364 g/mol. The van der Waals surface area contributed by atoms with Crippen molar-refractivity contribution in [1.29, 1.82) is 0 Å². The van der Waals surface area contributed by atoms with Crippen LogP contribution in [0.15, 0.2) is 48.8 Å². The number of H-pyrrole nitrogens is 1. The largest absolute Gasteiger partial charge is 0.314 e. The standard InChI is InChI=1S/C19H19ClN6O/c20-16-3-1-13(2-4-16)11-15-12-22-9-10-26(18(15)27)19-23-17(24-25-19)14-5-7-21-8-6-14/h1-8,15,22H,9-12H2,(H,23,24,25). The molecule has 1 atom stereocenters. The van der Waals surface area contributed by atoms with E-state index in [0.717, 1.165) is 11.1 Å². The Bertz CT molecular complexity index is 911. The normalized spacial score (nSPS) is 17.7. The van der Waals surface area contributed by atoms with Crippen molar-refractivity contribution in [3.05, 3.63) is 59.4 Å². The van der Waals surface area contributed by atoms with Crippen molar-refractivity contribution in [2.24, 2.45) is 5.92 Å². The van der Waals surface area contributed by atoms with E-state index < -0.39 is 0 Å². The van der Waals surface area contributed by atoms with Crippen LogP contribution in [-0.4, -0.2) is 45.7 Å². The van der Waals surface area contributed by atoms with Gasteiger partial charge < -0.3 is 5.32 Å². The van der Waals surface area contributed by atoms with Crippen molar-refractivity contribution in [3.8, 4) is 11.4 Å². The molecule has 8 heteroatoms. The average molecular weight is 383 g/mol. The van der Waals surface area contributed by atoms with E-state index in [0.29, 0.717) is 42.9 Å². The highest BCUT2D eigenvalue weighted by Gasteiger charge is 2.30. The summed E-state index contributed by atoms with van der Waals surface area (Å²) in [5.41, 5.74) is 1.93. The van der Waals surface area contributed by atoms with Gasteiger partial charge in [-0.25, -0.2) is 5.10 Å². The molecule has 27 heavy (non-hydrogen) atoms. The summed E-state index contributed by atoms with van der Waals surface area (Å²) in [6.45, 7) is 1.87. The lowest BCUT2D eigenvalue weighted by Gasteiger charge is -2.21. The highest BCUT2D eigenvalue weighted by Crippen LogP contribution is 2.21. The molecule has 1 unspecified atom stereocenters.